The molecule has 4 rings (SSSR count). The molecule has 204 valence electrons. The van der Waals surface area contributed by atoms with Crippen molar-refractivity contribution in [2.75, 3.05) is 51.3 Å². The Morgan fingerprint density at radius 2 is 1.53 bits per heavy atom. The molecule has 1 aliphatic heterocycles. The van der Waals surface area contributed by atoms with Crippen molar-refractivity contribution in [2.45, 2.75) is 51.0 Å². The van der Waals surface area contributed by atoms with Gasteiger partial charge in [0.05, 0.1) is 25.0 Å². The molecule has 1 heterocycles. The minimum Gasteiger partial charge on any atom is -0.495 e. The van der Waals surface area contributed by atoms with Crippen LogP contribution in [0, 0.1) is 0 Å². The quantitative estimate of drug-likeness (QED) is 0.264. The van der Waals surface area contributed by atoms with E-state index in [-0.39, 0.29) is 5.92 Å². The number of anilines is 1. The van der Waals surface area contributed by atoms with Crippen LogP contribution in [0.3, 0.4) is 0 Å². The van der Waals surface area contributed by atoms with Crippen LogP contribution in [0.4, 0.5) is 5.69 Å². The molecular formula is C33H44N2O3. The predicted octanol–water partition coefficient (Wildman–Crippen LogP) is 6.47. The van der Waals surface area contributed by atoms with Crippen molar-refractivity contribution in [3.63, 3.8) is 0 Å². The number of rotatable bonds is 13. The lowest BCUT2D eigenvalue weighted by Crippen LogP contribution is -2.50. The molecule has 0 radical (unpaired) electrons. The largest absolute Gasteiger partial charge is 0.495 e. The Labute approximate surface area is 229 Å². The van der Waals surface area contributed by atoms with Gasteiger partial charge in [0.2, 0.25) is 0 Å². The Morgan fingerprint density at radius 3 is 2.18 bits per heavy atom. The van der Waals surface area contributed by atoms with Gasteiger partial charge in [0.1, 0.15) is 11.5 Å². The van der Waals surface area contributed by atoms with Crippen molar-refractivity contribution in [1.29, 1.82) is 0 Å². The number of para-hydroxylation sites is 2. The lowest BCUT2D eigenvalue weighted by atomic mass is 9.74. The molecule has 0 saturated carbocycles. The van der Waals surface area contributed by atoms with Gasteiger partial charge in [-0.2, -0.15) is 0 Å². The van der Waals surface area contributed by atoms with Crippen LogP contribution in [-0.2, 0) is 5.60 Å². The number of unbranched alkanes of at least 4 members (excludes halogenated alkanes) is 1. The van der Waals surface area contributed by atoms with E-state index in [4.69, 9.17) is 9.47 Å². The summed E-state index contributed by atoms with van der Waals surface area (Å²) in [5, 5.41) is 12.4. The standard InChI is InChI=1S/C33H44N2O3/c1-4-6-25-38-29-18-16-28(17-19-29)33(36,20-5-2)30(27-12-8-7-9-13-27)26-34-21-23-35(24-22-34)31-14-10-11-15-32(31)37-3/h7-19,30,36H,4-6,20-26H2,1-3H3/t30-,33-/m0/s1. The summed E-state index contributed by atoms with van der Waals surface area (Å²) in [5.74, 6) is 1.74. The van der Waals surface area contributed by atoms with Gasteiger partial charge in [0, 0.05) is 38.6 Å². The zero-order chi connectivity index (χ0) is 26.8. The molecule has 1 aliphatic rings. The van der Waals surface area contributed by atoms with Crippen LogP contribution in [0.25, 0.3) is 0 Å². The molecule has 38 heavy (non-hydrogen) atoms. The average molecular weight is 517 g/mol. The van der Waals surface area contributed by atoms with Gasteiger partial charge in [0.15, 0.2) is 0 Å². The summed E-state index contributed by atoms with van der Waals surface area (Å²) < 4.78 is 11.5. The van der Waals surface area contributed by atoms with Gasteiger partial charge in [-0.15, -0.1) is 0 Å². The normalized spacial score (nSPS) is 16.6. The van der Waals surface area contributed by atoms with Crippen LogP contribution in [0.15, 0.2) is 78.9 Å². The minimum absolute atomic E-state index is 0.0479. The molecule has 3 aromatic carbocycles. The number of piperazine rings is 1. The average Bonchev–Trinajstić information content (AvgIpc) is 2.97. The second-order valence-electron chi connectivity index (χ2n) is 10.3. The fourth-order valence-electron chi connectivity index (χ4n) is 5.61. The summed E-state index contributed by atoms with van der Waals surface area (Å²) in [6.07, 6.45) is 3.75. The van der Waals surface area contributed by atoms with Crippen LogP contribution in [0.2, 0.25) is 0 Å². The fraction of sp³-hybridized carbons (Fsp3) is 0.455. The van der Waals surface area contributed by atoms with E-state index in [1.54, 1.807) is 7.11 Å². The molecular weight excluding hydrogens is 472 g/mol. The van der Waals surface area contributed by atoms with Gasteiger partial charge in [-0.1, -0.05) is 81.3 Å². The Kier molecular flexibility index (Phi) is 10.1. The third-order valence-corrected chi connectivity index (χ3v) is 7.77. The summed E-state index contributed by atoms with van der Waals surface area (Å²) in [5.41, 5.74) is 2.32. The van der Waals surface area contributed by atoms with E-state index in [0.29, 0.717) is 6.42 Å². The summed E-state index contributed by atoms with van der Waals surface area (Å²) in [4.78, 5) is 4.91. The predicted molar refractivity (Wildman–Crippen MR) is 156 cm³/mol. The van der Waals surface area contributed by atoms with E-state index in [1.807, 2.05) is 30.3 Å². The lowest BCUT2D eigenvalue weighted by Gasteiger charge is -2.43. The van der Waals surface area contributed by atoms with E-state index in [0.717, 1.165) is 81.3 Å². The highest BCUT2D eigenvalue weighted by molar-refractivity contribution is 5.58. The number of hydrogen-bond donors (Lipinski definition) is 1. The number of aliphatic hydroxyl groups is 1. The first-order chi connectivity index (χ1) is 18.6. The van der Waals surface area contributed by atoms with Gasteiger partial charge in [0.25, 0.3) is 0 Å². The van der Waals surface area contributed by atoms with Gasteiger partial charge < -0.3 is 19.5 Å². The molecule has 5 nitrogen and oxygen atoms in total. The number of methoxy groups -OCH3 is 1. The van der Waals surface area contributed by atoms with Crippen LogP contribution in [0.1, 0.15) is 56.6 Å². The molecule has 1 N–H and O–H groups in total. The highest BCUT2D eigenvalue weighted by Crippen LogP contribution is 2.42. The van der Waals surface area contributed by atoms with Crippen molar-refractivity contribution >= 4 is 5.69 Å². The minimum atomic E-state index is -0.974. The molecule has 0 bridgehead atoms. The smallest absolute Gasteiger partial charge is 0.142 e. The van der Waals surface area contributed by atoms with Gasteiger partial charge in [-0.25, -0.2) is 0 Å². The lowest BCUT2D eigenvalue weighted by molar-refractivity contribution is -0.0141. The zero-order valence-corrected chi connectivity index (χ0v) is 23.3. The maximum Gasteiger partial charge on any atom is 0.142 e. The molecule has 0 aromatic heterocycles. The van der Waals surface area contributed by atoms with Crippen molar-refractivity contribution < 1.29 is 14.6 Å². The summed E-state index contributed by atoms with van der Waals surface area (Å²) in [6, 6.07) is 26.9. The summed E-state index contributed by atoms with van der Waals surface area (Å²) in [6.45, 7) is 9.58. The monoisotopic (exact) mass is 516 g/mol. The van der Waals surface area contributed by atoms with Crippen molar-refractivity contribution in [3.05, 3.63) is 90.0 Å². The molecule has 5 heteroatoms. The maximum absolute atomic E-state index is 12.4. The van der Waals surface area contributed by atoms with Gasteiger partial charge in [-0.05, 0) is 48.2 Å². The van der Waals surface area contributed by atoms with Crippen LogP contribution < -0.4 is 14.4 Å². The van der Waals surface area contributed by atoms with Crippen molar-refractivity contribution in [2.24, 2.45) is 0 Å². The summed E-state index contributed by atoms with van der Waals surface area (Å²) in [7, 11) is 1.73. The van der Waals surface area contributed by atoms with Crippen molar-refractivity contribution in [3.8, 4) is 11.5 Å². The third kappa shape index (κ3) is 6.69. The molecule has 2 atom stereocenters. The van der Waals surface area contributed by atoms with Crippen molar-refractivity contribution in [1.82, 2.24) is 4.90 Å². The van der Waals surface area contributed by atoms with E-state index in [2.05, 4.69) is 72.2 Å². The van der Waals surface area contributed by atoms with Crippen LogP contribution in [0.5, 0.6) is 11.5 Å². The van der Waals surface area contributed by atoms with E-state index in [9.17, 15) is 5.11 Å². The SMILES string of the molecule is CCCCOc1ccc([C@@](O)(CCC)[C@@H](CN2CCN(c3ccccc3OC)CC2)c2ccccc2)cc1. The molecule has 0 amide bonds. The fourth-order valence-corrected chi connectivity index (χ4v) is 5.61. The molecule has 0 aliphatic carbocycles. The Hall–Kier alpha value is -3.02. The maximum atomic E-state index is 12.4. The van der Waals surface area contributed by atoms with Gasteiger partial charge in [-0.3, -0.25) is 4.90 Å². The number of nitrogens with zero attached hydrogens (tertiary/aromatic N) is 2. The molecule has 0 unspecified atom stereocenters. The zero-order valence-electron chi connectivity index (χ0n) is 23.3. The first-order valence-corrected chi connectivity index (χ1v) is 14.2. The topological polar surface area (TPSA) is 45.2 Å². The second kappa shape index (κ2) is 13.7. The van der Waals surface area contributed by atoms with E-state index >= 15 is 0 Å². The highest BCUT2D eigenvalue weighted by Gasteiger charge is 2.40. The molecule has 1 fully saturated rings. The summed E-state index contributed by atoms with van der Waals surface area (Å²) >= 11 is 0. The highest BCUT2D eigenvalue weighted by atomic mass is 16.5. The van der Waals surface area contributed by atoms with Gasteiger partial charge >= 0.3 is 0 Å². The Morgan fingerprint density at radius 1 is 0.842 bits per heavy atom. The third-order valence-electron chi connectivity index (χ3n) is 7.77. The van der Waals surface area contributed by atoms with Crippen LogP contribution >= 0.6 is 0 Å². The number of hydrogen-bond acceptors (Lipinski definition) is 5. The van der Waals surface area contributed by atoms with E-state index < -0.39 is 5.60 Å². The number of benzene rings is 3. The second-order valence-corrected chi connectivity index (χ2v) is 10.3. The molecule has 1 saturated heterocycles. The Balaban J connectivity index is 1.54. The number of ether oxygens (including phenoxy) is 2. The molecule has 3 aromatic rings. The Bertz CT molecular complexity index is 1100. The first kappa shape index (κ1) is 28.0. The van der Waals surface area contributed by atoms with Crippen LogP contribution in [-0.4, -0.2) is 56.4 Å². The first-order valence-electron chi connectivity index (χ1n) is 14.2. The molecule has 0 spiro atoms. The van der Waals surface area contributed by atoms with E-state index in [1.165, 1.54) is 5.56 Å².